The summed E-state index contributed by atoms with van der Waals surface area (Å²) in [5, 5.41) is 2.47. The van der Waals surface area contributed by atoms with Crippen molar-refractivity contribution in [3.8, 4) is 0 Å². The van der Waals surface area contributed by atoms with Crippen LogP contribution in [0.1, 0.15) is 5.69 Å². The molecule has 4 nitrogen and oxygen atoms in total. The van der Waals surface area contributed by atoms with Gasteiger partial charge in [-0.3, -0.25) is 4.72 Å². The highest BCUT2D eigenvalue weighted by Gasteiger charge is 2.18. The molecule has 0 aliphatic carbocycles. The second kappa shape index (κ2) is 5.39. The van der Waals surface area contributed by atoms with Crippen molar-refractivity contribution in [1.82, 2.24) is 4.98 Å². The van der Waals surface area contributed by atoms with Gasteiger partial charge in [0.15, 0.2) is 0 Å². The Kier molecular flexibility index (Phi) is 3.32. The van der Waals surface area contributed by atoms with E-state index >= 15 is 0 Å². The van der Waals surface area contributed by atoms with Crippen LogP contribution in [0.25, 0.3) is 21.7 Å². The number of aryl methyl sites for hydroxylation is 1. The zero-order valence-electron chi connectivity index (χ0n) is 13.1. The molecule has 0 saturated carbocycles. The van der Waals surface area contributed by atoms with Crippen LogP contribution in [0.2, 0.25) is 0 Å². The van der Waals surface area contributed by atoms with Gasteiger partial charge in [0.25, 0.3) is 10.0 Å². The van der Waals surface area contributed by atoms with Crippen LogP contribution in [0.5, 0.6) is 0 Å². The minimum atomic E-state index is -3.69. The van der Waals surface area contributed by atoms with Gasteiger partial charge in [0.2, 0.25) is 0 Å². The number of anilines is 1. The van der Waals surface area contributed by atoms with E-state index < -0.39 is 10.0 Å². The smallest absolute Gasteiger partial charge is 0.262 e. The number of hydrogen-bond donors (Lipinski definition) is 2. The first-order valence-electron chi connectivity index (χ1n) is 7.63. The molecule has 1 heterocycles. The number of aromatic amines is 1. The van der Waals surface area contributed by atoms with E-state index in [0.717, 1.165) is 22.0 Å². The first kappa shape index (κ1) is 14.8. The second-order valence-electron chi connectivity index (χ2n) is 5.80. The van der Waals surface area contributed by atoms with E-state index in [4.69, 9.17) is 0 Å². The summed E-state index contributed by atoms with van der Waals surface area (Å²) in [7, 11) is -3.69. The van der Waals surface area contributed by atoms with E-state index in [9.17, 15) is 8.42 Å². The highest BCUT2D eigenvalue weighted by molar-refractivity contribution is 7.93. The average molecular weight is 336 g/mol. The third kappa shape index (κ3) is 2.43. The maximum atomic E-state index is 12.9. The number of fused-ring (bicyclic) bond motifs is 2. The van der Waals surface area contributed by atoms with Gasteiger partial charge in [0.1, 0.15) is 0 Å². The molecule has 5 heteroatoms. The number of sulfonamides is 1. The molecule has 0 saturated heterocycles. The van der Waals surface area contributed by atoms with E-state index in [2.05, 4.69) is 9.71 Å². The molecule has 1 aromatic heterocycles. The topological polar surface area (TPSA) is 62.0 Å². The van der Waals surface area contributed by atoms with Crippen molar-refractivity contribution in [1.29, 1.82) is 0 Å². The molecule has 0 aliphatic rings. The standard InChI is InChI=1S/C19H16N2O2S/c1-13-12-16-17(20-13)9-5-10-18(16)21-24(22,23)19-11-4-7-14-6-2-3-8-15(14)19/h2-12,20-21H,1H3. The third-order valence-corrected chi connectivity index (χ3v) is 5.51. The predicted octanol–water partition coefficient (Wildman–Crippen LogP) is 4.43. The molecule has 24 heavy (non-hydrogen) atoms. The summed E-state index contributed by atoms with van der Waals surface area (Å²) < 4.78 is 28.6. The molecular formula is C19H16N2O2S. The molecular weight excluding hydrogens is 320 g/mol. The van der Waals surface area contributed by atoms with Gasteiger partial charge >= 0.3 is 0 Å². The fourth-order valence-corrected chi connectivity index (χ4v) is 4.32. The lowest BCUT2D eigenvalue weighted by molar-refractivity contribution is 0.602. The summed E-state index contributed by atoms with van der Waals surface area (Å²) in [6.45, 7) is 1.95. The number of nitrogens with one attached hydrogen (secondary N) is 2. The van der Waals surface area contributed by atoms with Crippen molar-refractivity contribution < 1.29 is 8.42 Å². The highest BCUT2D eigenvalue weighted by atomic mass is 32.2. The number of H-pyrrole nitrogens is 1. The minimum Gasteiger partial charge on any atom is -0.359 e. The fourth-order valence-electron chi connectivity index (χ4n) is 3.01. The van der Waals surface area contributed by atoms with Crippen molar-refractivity contribution in [2.45, 2.75) is 11.8 Å². The molecule has 0 spiro atoms. The molecule has 0 atom stereocenters. The Balaban J connectivity index is 1.85. The lowest BCUT2D eigenvalue weighted by atomic mass is 10.1. The predicted molar refractivity (Wildman–Crippen MR) is 97.8 cm³/mol. The maximum absolute atomic E-state index is 12.9. The van der Waals surface area contributed by atoms with Crippen molar-refractivity contribution >= 4 is 37.4 Å². The minimum absolute atomic E-state index is 0.282. The molecule has 2 N–H and O–H groups in total. The molecule has 0 radical (unpaired) electrons. The third-order valence-electron chi connectivity index (χ3n) is 4.08. The SMILES string of the molecule is Cc1cc2c(NS(=O)(=O)c3cccc4ccccc34)cccc2[nH]1. The van der Waals surface area contributed by atoms with E-state index in [1.165, 1.54) is 0 Å². The van der Waals surface area contributed by atoms with Crippen LogP contribution in [-0.4, -0.2) is 13.4 Å². The lowest BCUT2D eigenvalue weighted by Gasteiger charge is -2.11. The summed E-state index contributed by atoms with van der Waals surface area (Å²) in [5.74, 6) is 0. The van der Waals surface area contributed by atoms with Gasteiger partial charge in [-0.05, 0) is 36.6 Å². The summed E-state index contributed by atoms with van der Waals surface area (Å²) >= 11 is 0. The molecule has 4 aromatic rings. The van der Waals surface area contributed by atoms with Crippen molar-refractivity contribution in [2.24, 2.45) is 0 Å². The normalized spacial score (nSPS) is 11.9. The Labute approximate surface area is 140 Å². The molecule has 0 fully saturated rings. The Morgan fingerprint density at radius 3 is 2.50 bits per heavy atom. The Morgan fingerprint density at radius 2 is 1.62 bits per heavy atom. The van der Waals surface area contributed by atoms with Crippen LogP contribution in [-0.2, 0) is 10.0 Å². The van der Waals surface area contributed by atoms with E-state index in [1.807, 2.05) is 55.5 Å². The lowest BCUT2D eigenvalue weighted by Crippen LogP contribution is -2.13. The monoisotopic (exact) mass is 336 g/mol. The first-order valence-corrected chi connectivity index (χ1v) is 9.12. The Hall–Kier alpha value is -2.79. The second-order valence-corrected chi connectivity index (χ2v) is 7.45. The summed E-state index contributed by atoms with van der Waals surface area (Å²) in [5.41, 5.74) is 2.47. The quantitative estimate of drug-likeness (QED) is 0.581. The zero-order chi connectivity index (χ0) is 16.7. The van der Waals surface area contributed by atoms with Gasteiger partial charge in [-0.25, -0.2) is 8.42 Å². The number of benzene rings is 3. The molecule has 0 amide bonds. The number of aromatic nitrogens is 1. The molecule has 0 aliphatic heterocycles. The van der Waals surface area contributed by atoms with Gasteiger partial charge in [-0.2, -0.15) is 0 Å². The largest absolute Gasteiger partial charge is 0.359 e. The number of hydrogen-bond acceptors (Lipinski definition) is 2. The molecule has 0 bridgehead atoms. The molecule has 120 valence electrons. The van der Waals surface area contributed by atoms with Crippen molar-refractivity contribution in [3.05, 3.63) is 72.4 Å². The fraction of sp³-hybridized carbons (Fsp3) is 0.0526. The van der Waals surface area contributed by atoms with Crippen molar-refractivity contribution in [3.63, 3.8) is 0 Å². The van der Waals surface area contributed by atoms with Crippen molar-refractivity contribution in [2.75, 3.05) is 4.72 Å². The van der Waals surface area contributed by atoms with Gasteiger partial charge in [0.05, 0.1) is 10.6 Å². The van der Waals surface area contributed by atoms with Crippen LogP contribution in [0.15, 0.2) is 71.6 Å². The van der Waals surface area contributed by atoms with Gasteiger partial charge in [-0.15, -0.1) is 0 Å². The summed E-state index contributed by atoms with van der Waals surface area (Å²) in [6, 6.07) is 20.3. The summed E-state index contributed by atoms with van der Waals surface area (Å²) in [6.07, 6.45) is 0. The molecule has 3 aromatic carbocycles. The van der Waals surface area contributed by atoms with Gasteiger partial charge in [-0.1, -0.05) is 42.5 Å². The first-order chi connectivity index (χ1) is 11.5. The van der Waals surface area contributed by atoms with Gasteiger partial charge < -0.3 is 4.98 Å². The molecule has 4 rings (SSSR count). The van der Waals surface area contributed by atoms with E-state index in [0.29, 0.717) is 11.1 Å². The van der Waals surface area contributed by atoms with E-state index in [-0.39, 0.29) is 4.90 Å². The van der Waals surface area contributed by atoms with Crippen LogP contribution >= 0.6 is 0 Å². The van der Waals surface area contributed by atoms with Crippen LogP contribution in [0.4, 0.5) is 5.69 Å². The Morgan fingerprint density at radius 1 is 0.875 bits per heavy atom. The number of rotatable bonds is 3. The zero-order valence-corrected chi connectivity index (χ0v) is 13.9. The molecule has 0 unspecified atom stereocenters. The Bertz CT molecular complexity index is 1160. The van der Waals surface area contributed by atoms with Crippen LogP contribution in [0, 0.1) is 6.92 Å². The van der Waals surface area contributed by atoms with Crippen LogP contribution in [0.3, 0.4) is 0 Å². The van der Waals surface area contributed by atoms with Crippen LogP contribution < -0.4 is 4.72 Å². The highest BCUT2D eigenvalue weighted by Crippen LogP contribution is 2.29. The van der Waals surface area contributed by atoms with Gasteiger partial charge in [0, 0.05) is 22.0 Å². The summed E-state index contributed by atoms with van der Waals surface area (Å²) in [4.78, 5) is 3.50. The average Bonchev–Trinajstić information content (AvgIpc) is 2.95. The van der Waals surface area contributed by atoms with E-state index in [1.54, 1.807) is 18.2 Å². The maximum Gasteiger partial charge on any atom is 0.262 e.